The first-order valence-corrected chi connectivity index (χ1v) is 4.17. The minimum Gasteiger partial charge on any atom is -0.484 e. The van der Waals surface area contributed by atoms with Gasteiger partial charge >= 0.3 is 0 Å². The maximum Gasteiger partial charge on any atom is 0.186 e. The molecule has 0 saturated carbocycles. The molecule has 14 heavy (non-hydrogen) atoms. The minimum absolute atomic E-state index is 0.150. The first-order chi connectivity index (χ1) is 6.63. The molecule has 0 radical (unpaired) electrons. The van der Waals surface area contributed by atoms with E-state index in [0.717, 1.165) is 0 Å². The fourth-order valence-electron chi connectivity index (χ4n) is 0.954. The molecule has 1 rings (SSSR count). The molecular weight excluding hydrogens is 178 g/mol. The van der Waals surface area contributed by atoms with Crippen LogP contribution in [-0.2, 0) is 4.74 Å². The zero-order valence-corrected chi connectivity index (χ0v) is 8.24. The first-order valence-electron chi connectivity index (χ1n) is 4.17. The second kappa shape index (κ2) is 4.41. The van der Waals surface area contributed by atoms with Crippen molar-refractivity contribution in [3.8, 4) is 0 Å². The smallest absolute Gasteiger partial charge is 0.186 e. The summed E-state index contributed by atoms with van der Waals surface area (Å²) in [6, 6.07) is 7.04. The summed E-state index contributed by atoms with van der Waals surface area (Å²) in [4.78, 5) is 3.93. The van der Waals surface area contributed by atoms with E-state index in [4.69, 9.17) is 15.9 Å². The lowest BCUT2D eigenvalue weighted by atomic mass is 10.2. The molecule has 4 nitrogen and oxygen atoms in total. The molecule has 3 N–H and O–H groups in total. The minimum atomic E-state index is 0.150. The van der Waals surface area contributed by atoms with Crippen LogP contribution in [0, 0.1) is 5.41 Å². The van der Waals surface area contributed by atoms with Crippen LogP contribution in [0.1, 0.15) is 12.5 Å². The normalized spacial score (nSPS) is 11.1. The largest absolute Gasteiger partial charge is 0.484 e. The van der Waals surface area contributed by atoms with Crippen molar-refractivity contribution in [2.75, 3.05) is 12.8 Å². The van der Waals surface area contributed by atoms with Gasteiger partial charge in [-0.05, 0) is 12.1 Å². The quantitative estimate of drug-likeness (QED) is 0.402. The molecule has 0 heterocycles. The number of nitrogens with zero attached hydrogens (tertiary/aromatic N) is 1. The molecular formula is C10H13N3O. The number of aliphatic imine (C=N–C) groups is 1. The van der Waals surface area contributed by atoms with E-state index in [1.807, 2.05) is 0 Å². The number of methoxy groups -OCH3 is 1. The molecule has 1 aromatic carbocycles. The standard InChI is InChI=1S/C10H13N3O/c1-7(14-2)13-10(12)8-4-3-5-9(11)6-8/h3-6,12H,11H2,1-2H3. The van der Waals surface area contributed by atoms with Crippen LogP contribution in [0.3, 0.4) is 0 Å². The van der Waals surface area contributed by atoms with Gasteiger partial charge in [0.2, 0.25) is 0 Å². The number of benzene rings is 1. The second-order valence-corrected chi connectivity index (χ2v) is 2.81. The fourth-order valence-corrected chi connectivity index (χ4v) is 0.954. The van der Waals surface area contributed by atoms with Gasteiger partial charge < -0.3 is 10.5 Å². The van der Waals surface area contributed by atoms with Crippen molar-refractivity contribution in [3.05, 3.63) is 29.8 Å². The van der Waals surface area contributed by atoms with Crippen molar-refractivity contribution in [1.82, 2.24) is 0 Å². The van der Waals surface area contributed by atoms with E-state index in [0.29, 0.717) is 17.1 Å². The predicted octanol–water partition coefficient (Wildman–Crippen LogP) is 1.66. The lowest BCUT2D eigenvalue weighted by molar-refractivity contribution is 0.401. The molecule has 0 unspecified atom stereocenters. The summed E-state index contributed by atoms with van der Waals surface area (Å²) < 4.78 is 4.85. The van der Waals surface area contributed by atoms with Crippen LogP contribution >= 0.6 is 0 Å². The molecule has 0 aliphatic carbocycles. The number of nitrogen functional groups attached to an aromatic ring is 1. The molecule has 4 heteroatoms. The van der Waals surface area contributed by atoms with Gasteiger partial charge in [-0.15, -0.1) is 0 Å². The van der Waals surface area contributed by atoms with E-state index < -0.39 is 0 Å². The third-order valence-electron chi connectivity index (χ3n) is 1.72. The van der Waals surface area contributed by atoms with Gasteiger partial charge in [0.05, 0.1) is 7.11 Å². The van der Waals surface area contributed by atoms with Gasteiger partial charge in [0, 0.05) is 18.2 Å². The van der Waals surface area contributed by atoms with Crippen LogP contribution in [0.15, 0.2) is 29.3 Å². The number of ether oxygens (including phenoxy) is 1. The van der Waals surface area contributed by atoms with Crippen molar-refractivity contribution >= 4 is 17.4 Å². The number of amidine groups is 1. The van der Waals surface area contributed by atoms with Gasteiger partial charge in [-0.1, -0.05) is 12.1 Å². The molecule has 0 bridgehead atoms. The third-order valence-corrected chi connectivity index (χ3v) is 1.72. The summed E-state index contributed by atoms with van der Waals surface area (Å²) in [6.07, 6.45) is 0. The van der Waals surface area contributed by atoms with Crippen LogP contribution < -0.4 is 5.73 Å². The Balaban J connectivity index is 2.90. The van der Waals surface area contributed by atoms with Crippen LogP contribution in [0.2, 0.25) is 0 Å². The van der Waals surface area contributed by atoms with Crippen LogP contribution in [0.5, 0.6) is 0 Å². The van der Waals surface area contributed by atoms with Gasteiger partial charge in [-0.2, -0.15) is 4.99 Å². The molecule has 0 fully saturated rings. The van der Waals surface area contributed by atoms with E-state index in [9.17, 15) is 0 Å². The van der Waals surface area contributed by atoms with Crippen molar-refractivity contribution in [2.45, 2.75) is 6.92 Å². The van der Waals surface area contributed by atoms with Gasteiger partial charge in [0.15, 0.2) is 11.7 Å². The van der Waals surface area contributed by atoms with E-state index in [1.54, 1.807) is 31.2 Å². The van der Waals surface area contributed by atoms with Crippen molar-refractivity contribution < 1.29 is 4.74 Å². The Morgan fingerprint density at radius 1 is 1.50 bits per heavy atom. The number of rotatable bonds is 1. The second-order valence-electron chi connectivity index (χ2n) is 2.81. The zero-order chi connectivity index (χ0) is 10.6. The highest BCUT2D eigenvalue weighted by Crippen LogP contribution is 2.07. The number of hydrogen-bond donors (Lipinski definition) is 2. The topological polar surface area (TPSA) is 71.5 Å². The number of anilines is 1. The Bertz CT molecular complexity index is 371. The molecule has 0 aliphatic heterocycles. The molecule has 0 spiro atoms. The van der Waals surface area contributed by atoms with Crippen molar-refractivity contribution in [2.24, 2.45) is 4.99 Å². The highest BCUT2D eigenvalue weighted by atomic mass is 16.5. The Kier molecular flexibility index (Phi) is 3.23. The Labute approximate surface area is 82.9 Å². The van der Waals surface area contributed by atoms with E-state index in [2.05, 4.69) is 4.99 Å². The summed E-state index contributed by atoms with van der Waals surface area (Å²) in [5, 5.41) is 7.64. The van der Waals surface area contributed by atoms with E-state index >= 15 is 0 Å². The average Bonchev–Trinajstić information content (AvgIpc) is 2.17. The van der Waals surface area contributed by atoms with Gasteiger partial charge in [0.1, 0.15) is 0 Å². The fraction of sp³-hybridized carbons (Fsp3) is 0.200. The number of nitrogens with one attached hydrogen (secondary N) is 1. The highest BCUT2D eigenvalue weighted by Gasteiger charge is 2.00. The van der Waals surface area contributed by atoms with Crippen LogP contribution in [0.4, 0.5) is 5.69 Å². The molecule has 0 aliphatic rings. The maximum atomic E-state index is 7.64. The summed E-state index contributed by atoms with van der Waals surface area (Å²) >= 11 is 0. The average molecular weight is 191 g/mol. The lowest BCUT2D eigenvalue weighted by Gasteiger charge is -2.01. The molecule has 0 aromatic heterocycles. The number of hydrogen-bond acceptors (Lipinski definition) is 3. The van der Waals surface area contributed by atoms with Crippen molar-refractivity contribution in [1.29, 1.82) is 5.41 Å². The molecule has 74 valence electrons. The van der Waals surface area contributed by atoms with Gasteiger partial charge in [0.25, 0.3) is 0 Å². The Morgan fingerprint density at radius 2 is 2.21 bits per heavy atom. The molecule has 0 saturated heterocycles. The Hall–Kier alpha value is -1.84. The summed E-state index contributed by atoms with van der Waals surface area (Å²) in [6.45, 7) is 1.70. The van der Waals surface area contributed by atoms with Crippen molar-refractivity contribution in [3.63, 3.8) is 0 Å². The van der Waals surface area contributed by atoms with Gasteiger partial charge in [-0.3, -0.25) is 5.41 Å². The number of nitrogens with two attached hydrogens (primary N) is 1. The Morgan fingerprint density at radius 3 is 2.79 bits per heavy atom. The summed E-state index contributed by atoms with van der Waals surface area (Å²) in [5.41, 5.74) is 6.89. The SMILES string of the molecule is COC(C)=NC(=N)c1cccc(N)c1. The zero-order valence-electron chi connectivity index (χ0n) is 8.24. The van der Waals surface area contributed by atoms with E-state index in [-0.39, 0.29) is 5.84 Å². The van der Waals surface area contributed by atoms with Crippen LogP contribution in [-0.4, -0.2) is 18.8 Å². The molecule has 0 amide bonds. The predicted molar refractivity (Wildman–Crippen MR) is 57.8 cm³/mol. The summed E-state index contributed by atoms with van der Waals surface area (Å²) in [5.74, 6) is 0.606. The molecule has 1 aromatic rings. The first kappa shape index (κ1) is 10.2. The van der Waals surface area contributed by atoms with E-state index in [1.165, 1.54) is 7.11 Å². The maximum absolute atomic E-state index is 7.64. The van der Waals surface area contributed by atoms with Crippen LogP contribution in [0.25, 0.3) is 0 Å². The molecule has 0 atom stereocenters. The monoisotopic (exact) mass is 191 g/mol. The summed E-state index contributed by atoms with van der Waals surface area (Å²) in [7, 11) is 1.52. The third kappa shape index (κ3) is 2.58. The lowest BCUT2D eigenvalue weighted by Crippen LogP contribution is -2.02. The highest BCUT2D eigenvalue weighted by molar-refractivity contribution is 6.03. The van der Waals surface area contributed by atoms with Gasteiger partial charge in [-0.25, -0.2) is 0 Å².